The molecular weight excluding hydrogens is 364 g/mol. The standard InChI is InChI=1S/C21H38O7/c1-7-14(4)10-20(18(24)25,11-15(5)8-2)21(19(26)27,12-17(22)23)28-13-16(6)9-3/h14-16H,7-13H2,1-6H3,(H,22,23)(H,24,25)(H,26,27). The van der Waals surface area contributed by atoms with Gasteiger partial charge in [0.25, 0.3) is 0 Å². The molecule has 0 aliphatic carbocycles. The maximum absolute atomic E-state index is 12.6. The number of rotatable bonds is 15. The topological polar surface area (TPSA) is 121 Å². The Bertz CT molecular complexity index is 519. The molecule has 0 saturated heterocycles. The zero-order valence-corrected chi connectivity index (χ0v) is 18.2. The van der Waals surface area contributed by atoms with Crippen LogP contribution in [0.3, 0.4) is 0 Å². The zero-order chi connectivity index (χ0) is 22.1. The number of hydrogen-bond acceptors (Lipinski definition) is 4. The van der Waals surface area contributed by atoms with Crippen molar-refractivity contribution < 1.29 is 34.4 Å². The first kappa shape index (κ1) is 26.4. The van der Waals surface area contributed by atoms with Crippen LogP contribution in [0.25, 0.3) is 0 Å². The lowest BCUT2D eigenvalue weighted by Gasteiger charge is -2.46. The largest absolute Gasteiger partial charge is 0.481 e. The van der Waals surface area contributed by atoms with Crippen LogP contribution in [-0.2, 0) is 19.1 Å². The van der Waals surface area contributed by atoms with Crippen LogP contribution < -0.4 is 0 Å². The summed E-state index contributed by atoms with van der Waals surface area (Å²) in [6.45, 7) is 11.3. The number of ether oxygens (including phenoxy) is 1. The van der Waals surface area contributed by atoms with Gasteiger partial charge >= 0.3 is 17.9 Å². The van der Waals surface area contributed by atoms with Gasteiger partial charge in [0.1, 0.15) is 5.41 Å². The van der Waals surface area contributed by atoms with Crippen molar-refractivity contribution >= 4 is 17.9 Å². The van der Waals surface area contributed by atoms with Crippen LogP contribution in [0.5, 0.6) is 0 Å². The Morgan fingerprint density at radius 3 is 1.50 bits per heavy atom. The van der Waals surface area contributed by atoms with E-state index in [1.54, 1.807) is 0 Å². The van der Waals surface area contributed by atoms with Gasteiger partial charge in [0.2, 0.25) is 0 Å². The van der Waals surface area contributed by atoms with E-state index in [1.165, 1.54) is 0 Å². The minimum absolute atomic E-state index is 0.00782. The zero-order valence-electron chi connectivity index (χ0n) is 18.2. The average Bonchev–Trinajstić information content (AvgIpc) is 2.62. The molecule has 0 aliphatic heterocycles. The summed E-state index contributed by atoms with van der Waals surface area (Å²) in [7, 11) is 0. The molecule has 7 heteroatoms. The molecule has 0 spiro atoms. The summed E-state index contributed by atoms with van der Waals surface area (Å²) in [5.41, 5.74) is -4.17. The van der Waals surface area contributed by atoms with Gasteiger partial charge in [-0.1, -0.05) is 60.8 Å². The second-order valence-corrected chi connectivity index (χ2v) is 8.35. The molecule has 28 heavy (non-hydrogen) atoms. The molecule has 4 unspecified atom stereocenters. The smallest absolute Gasteiger partial charge is 0.337 e. The lowest BCUT2D eigenvalue weighted by atomic mass is 9.61. The fraction of sp³-hybridized carbons (Fsp3) is 0.857. The molecule has 164 valence electrons. The normalized spacial score (nSPS) is 19.1. The second-order valence-electron chi connectivity index (χ2n) is 8.35. The third-order valence-corrected chi connectivity index (χ3v) is 6.03. The highest BCUT2D eigenvalue weighted by Gasteiger charge is 2.64. The van der Waals surface area contributed by atoms with Gasteiger partial charge in [-0.3, -0.25) is 9.59 Å². The Hall–Kier alpha value is -1.63. The molecule has 0 aromatic rings. The summed E-state index contributed by atoms with van der Waals surface area (Å²) in [5.74, 6) is -4.43. The number of hydrogen-bond donors (Lipinski definition) is 3. The number of carboxylic acid groups (broad SMARTS) is 3. The van der Waals surface area contributed by atoms with Gasteiger partial charge in [0.05, 0.1) is 13.0 Å². The van der Waals surface area contributed by atoms with E-state index in [2.05, 4.69) is 0 Å². The molecule has 4 atom stereocenters. The highest BCUT2D eigenvalue weighted by atomic mass is 16.5. The molecule has 0 amide bonds. The quantitative estimate of drug-likeness (QED) is 0.373. The van der Waals surface area contributed by atoms with Crippen LogP contribution in [-0.4, -0.2) is 45.4 Å². The highest BCUT2D eigenvalue weighted by Crippen LogP contribution is 2.49. The van der Waals surface area contributed by atoms with Crippen molar-refractivity contribution in [2.24, 2.45) is 23.2 Å². The lowest BCUT2D eigenvalue weighted by molar-refractivity contribution is -0.212. The van der Waals surface area contributed by atoms with E-state index in [9.17, 15) is 29.7 Å². The summed E-state index contributed by atoms with van der Waals surface area (Å²) < 4.78 is 5.81. The minimum Gasteiger partial charge on any atom is -0.481 e. The van der Waals surface area contributed by atoms with Gasteiger partial charge in [-0.2, -0.15) is 0 Å². The molecule has 0 fully saturated rings. The van der Waals surface area contributed by atoms with Crippen molar-refractivity contribution in [3.8, 4) is 0 Å². The third-order valence-electron chi connectivity index (χ3n) is 6.03. The molecule has 0 aliphatic rings. The van der Waals surface area contributed by atoms with Gasteiger partial charge in [0.15, 0.2) is 5.60 Å². The monoisotopic (exact) mass is 402 g/mol. The van der Waals surface area contributed by atoms with Gasteiger partial charge in [-0.15, -0.1) is 0 Å². The molecule has 0 aromatic heterocycles. The summed E-state index contributed by atoms with van der Waals surface area (Å²) in [4.78, 5) is 36.8. The molecule has 0 radical (unpaired) electrons. The van der Waals surface area contributed by atoms with Crippen molar-refractivity contribution in [2.75, 3.05) is 6.61 Å². The maximum Gasteiger partial charge on any atom is 0.337 e. The first-order chi connectivity index (χ1) is 12.9. The Balaban J connectivity index is 6.69. The number of carbonyl (C=O) groups is 3. The van der Waals surface area contributed by atoms with E-state index >= 15 is 0 Å². The first-order valence-corrected chi connectivity index (χ1v) is 10.2. The lowest BCUT2D eigenvalue weighted by Crippen LogP contribution is -2.62. The maximum atomic E-state index is 12.6. The molecule has 7 nitrogen and oxygen atoms in total. The summed E-state index contributed by atoms with van der Waals surface area (Å²) in [6, 6.07) is 0. The van der Waals surface area contributed by atoms with Gasteiger partial charge in [-0.25, -0.2) is 4.79 Å². The number of aliphatic carboxylic acids is 3. The molecule has 0 saturated carbocycles. The molecule has 0 heterocycles. The van der Waals surface area contributed by atoms with Crippen LogP contribution in [0.15, 0.2) is 0 Å². The van der Waals surface area contributed by atoms with E-state index in [0.717, 1.165) is 0 Å². The van der Waals surface area contributed by atoms with E-state index in [1.807, 2.05) is 41.5 Å². The van der Waals surface area contributed by atoms with E-state index < -0.39 is 35.3 Å². The number of carboxylic acids is 3. The van der Waals surface area contributed by atoms with Crippen LogP contribution in [0, 0.1) is 23.2 Å². The Morgan fingerprint density at radius 1 is 0.786 bits per heavy atom. The molecule has 0 bridgehead atoms. The predicted molar refractivity (Wildman–Crippen MR) is 106 cm³/mol. The minimum atomic E-state index is -2.33. The van der Waals surface area contributed by atoms with Gasteiger partial charge < -0.3 is 20.1 Å². The van der Waals surface area contributed by atoms with E-state index in [4.69, 9.17) is 4.74 Å². The van der Waals surface area contributed by atoms with Crippen molar-refractivity contribution in [2.45, 2.75) is 85.7 Å². The third kappa shape index (κ3) is 6.19. The molecule has 0 rings (SSSR count). The SMILES string of the molecule is CCC(C)COC(CC(=O)O)(C(=O)O)C(CC(C)CC)(CC(C)CC)C(=O)O. The molecular formula is C21H38O7. The molecule has 0 aromatic carbocycles. The van der Waals surface area contributed by atoms with Crippen molar-refractivity contribution in [3.05, 3.63) is 0 Å². The van der Waals surface area contributed by atoms with Crippen LogP contribution >= 0.6 is 0 Å². The van der Waals surface area contributed by atoms with Crippen molar-refractivity contribution in [3.63, 3.8) is 0 Å². The first-order valence-electron chi connectivity index (χ1n) is 10.2. The Labute approximate surface area is 168 Å². The van der Waals surface area contributed by atoms with Gasteiger partial charge in [0, 0.05) is 0 Å². The van der Waals surface area contributed by atoms with Gasteiger partial charge in [-0.05, 0) is 30.6 Å². The fourth-order valence-corrected chi connectivity index (χ4v) is 3.55. The van der Waals surface area contributed by atoms with Crippen molar-refractivity contribution in [1.82, 2.24) is 0 Å². The highest BCUT2D eigenvalue weighted by molar-refractivity contribution is 5.92. The van der Waals surface area contributed by atoms with Crippen LogP contribution in [0.2, 0.25) is 0 Å². The van der Waals surface area contributed by atoms with Crippen LogP contribution in [0.1, 0.15) is 80.1 Å². The summed E-state index contributed by atoms with van der Waals surface area (Å²) in [5, 5.41) is 30.0. The van der Waals surface area contributed by atoms with Crippen molar-refractivity contribution in [1.29, 1.82) is 0 Å². The second kappa shape index (κ2) is 11.4. The van der Waals surface area contributed by atoms with E-state index in [-0.39, 0.29) is 37.2 Å². The summed E-state index contributed by atoms with van der Waals surface area (Å²) >= 11 is 0. The molecule has 3 N–H and O–H groups in total. The Morgan fingerprint density at radius 2 is 1.21 bits per heavy atom. The summed E-state index contributed by atoms with van der Waals surface area (Å²) in [6.07, 6.45) is 1.22. The van der Waals surface area contributed by atoms with E-state index in [0.29, 0.717) is 19.3 Å². The average molecular weight is 403 g/mol. The van der Waals surface area contributed by atoms with Crippen LogP contribution in [0.4, 0.5) is 0 Å². The Kier molecular flexibility index (Phi) is 10.7. The fourth-order valence-electron chi connectivity index (χ4n) is 3.55. The predicted octanol–water partition coefficient (Wildman–Crippen LogP) is 4.29.